The maximum atomic E-state index is 12.3. The van der Waals surface area contributed by atoms with Gasteiger partial charge in [-0.3, -0.25) is 4.79 Å². The Hall–Kier alpha value is -0.000000000000000111. The molecule has 1 aromatic rings. The molecular weight excluding hydrogens is 396 g/mol. The molecule has 0 aliphatic rings. The Morgan fingerprint density at radius 1 is 1.42 bits per heavy atom. The van der Waals surface area contributed by atoms with E-state index in [0.29, 0.717) is 16.5 Å². The van der Waals surface area contributed by atoms with Crippen LogP contribution in [0.1, 0.15) is 37.6 Å². The normalized spacial score (nSPS) is 13.2. The molecule has 0 radical (unpaired) electrons. The fraction of sp³-hybridized carbons (Fsp3) is 0.500. The summed E-state index contributed by atoms with van der Waals surface area (Å²) in [7, 11) is 0. The van der Waals surface area contributed by atoms with Gasteiger partial charge in [0.2, 0.25) is 0 Å². The summed E-state index contributed by atoms with van der Waals surface area (Å²) < 4.78 is 0.887. The van der Waals surface area contributed by atoms with Gasteiger partial charge >= 0.3 is 0 Å². The number of rotatable bonds is 4. The zero-order chi connectivity index (χ0) is 14.6. The number of carbonyl (C=O) groups excluding carboxylic acids is 1. The molecular formula is C14H18Cl2INO. The van der Waals surface area contributed by atoms with Crippen molar-refractivity contribution in [3.05, 3.63) is 32.4 Å². The predicted molar refractivity (Wildman–Crippen MR) is 90.2 cm³/mol. The van der Waals surface area contributed by atoms with Crippen LogP contribution in [0.4, 0.5) is 0 Å². The van der Waals surface area contributed by atoms with Gasteiger partial charge in [0.1, 0.15) is 0 Å². The topological polar surface area (TPSA) is 29.1 Å². The van der Waals surface area contributed by atoms with Gasteiger partial charge in [-0.25, -0.2) is 0 Å². The van der Waals surface area contributed by atoms with Crippen LogP contribution in [0.25, 0.3) is 0 Å². The summed E-state index contributed by atoms with van der Waals surface area (Å²) in [5.74, 6) is 0.423. The second-order valence-corrected chi connectivity index (χ2v) is 7.47. The van der Waals surface area contributed by atoms with Crippen LogP contribution in [-0.4, -0.2) is 17.8 Å². The van der Waals surface area contributed by atoms with Gasteiger partial charge in [-0.05, 0) is 52.6 Å². The highest BCUT2D eigenvalue weighted by molar-refractivity contribution is 14.1. The zero-order valence-corrected chi connectivity index (χ0v) is 14.9. The summed E-state index contributed by atoms with van der Waals surface area (Å²) in [6.45, 7) is 6.27. The van der Waals surface area contributed by atoms with Crippen molar-refractivity contribution in [1.82, 2.24) is 5.32 Å². The molecule has 0 spiro atoms. The number of halogens is 3. The monoisotopic (exact) mass is 413 g/mol. The average molecular weight is 414 g/mol. The van der Waals surface area contributed by atoms with E-state index in [4.69, 9.17) is 23.2 Å². The Balaban J connectivity index is 2.91. The molecule has 0 aliphatic carbocycles. The number of carbonyl (C=O) groups is 1. The van der Waals surface area contributed by atoms with Gasteiger partial charge in [0.05, 0.1) is 5.56 Å². The minimum absolute atomic E-state index is 0.0332. The Morgan fingerprint density at radius 2 is 2.05 bits per heavy atom. The van der Waals surface area contributed by atoms with Crippen LogP contribution in [0.15, 0.2) is 18.2 Å². The van der Waals surface area contributed by atoms with Gasteiger partial charge in [0, 0.05) is 20.5 Å². The van der Waals surface area contributed by atoms with Gasteiger partial charge < -0.3 is 5.32 Å². The molecule has 0 fully saturated rings. The summed E-state index contributed by atoms with van der Waals surface area (Å²) in [6, 6.07) is 5.34. The molecule has 1 atom stereocenters. The van der Waals surface area contributed by atoms with E-state index in [-0.39, 0.29) is 17.4 Å². The highest BCUT2D eigenvalue weighted by Crippen LogP contribution is 2.24. The lowest BCUT2D eigenvalue weighted by atomic mass is 9.85. The van der Waals surface area contributed by atoms with Crippen LogP contribution in [0.2, 0.25) is 5.02 Å². The van der Waals surface area contributed by atoms with E-state index >= 15 is 0 Å². The van der Waals surface area contributed by atoms with E-state index in [0.717, 1.165) is 9.99 Å². The molecule has 1 rings (SSSR count). The summed E-state index contributed by atoms with van der Waals surface area (Å²) >= 11 is 13.9. The summed E-state index contributed by atoms with van der Waals surface area (Å²) in [4.78, 5) is 12.3. The third-order valence-electron chi connectivity index (χ3n) is 2.92. The van der Waals surface area contributed by atoms with Crippen LogP contribution in [0.3, 0.4) is 0 Å². The molecule has 5 heteroatoms. The van der Waals surface area contributed by atoms with E-state index in [1.807, 2.05) is 6.07 Å². The molecule has 0 bridgehead atoms. The van der Waals surface area contributed by atoms with Crippen molar-refractivity contribution in [2.45, 2.75) is 33.2 Å². The lowest BCUT2D eigenvalue weighted by Crippen LogP contribution is -2.44. The first-order valence-electron chi connectivity index (χ1n) is 6.07. The first-order valence-corrected chi connectivity index (χ1v) is 8.06. The summed E-state index contributed by atoms with van der Waals surface area (Å²) in [5.41, 5.74) is 0.575. The van der Waals surface area contributed by atoms with Crippen molar-refractivity contribution >= 4 is 51.7 Å². The Bertz CT molecular complexity index is 457. The average Bonchev–Trinajstić information content (AvgIpc) is 2.30. The highest BCUT2D eigenvalue weighted by atomic mass is 127. The largest absolute Gasteiger partial charge is 0.349 e. The molecule has 0 aromatic heterocycles. The van der Waals surface area contributed by atoms with Crippen LogP contribution in [-0.2, 0) is 0 Å². The molecule has 0 saturated heterocycles. The quantitative estimate of drug-likeness (QED) is 0.561. The maximum absolute atomic E-state index is 12.3. The number of hydrogen-bond acceptors (Lipinski definition) is 1. The molecule has 0 heterocycles. The fourth-order valence-electron chi connectivity index (χ4n) is 1.74. The van der Waals surface area contributed by atoms with E-state index in [9.17, 15) is 4.79 Å². The molecule has 0 aliphatic heterocycles. The molecule has 1 N–H and O–H groups in total. The molecule has 106 valence electrons. The second kappa shape index (κ2) is 7.14. The van der Waals surface area contributed by atoms with Crippen LogP contribution in [0, 0.1) is 8.99 Å². The smallest absolute Gasteiger partial charge is 0.252 e. The first kappa shape index (κ1) is 17.1. The molecule has 1 amide bonds. The Kier molecular flexibility index (Phi) is 6.40. The van der Waals surface area contributed by atoms with Crippen molar-refractivity contribution in [3.8, 4) is 0 Å². The van der Waals surface area contributed by atoms with E-state index in [1.165, 1.54) is 0 Å². The van der Waals surface area contributed by atoms with Gasteiger partial charge in [0.25, 0.3) is 5.91 Å². The maximum Gasteiger partial charge on any atom is 0.252 e. The number of alkyl halides is 1. The van der Waals surface area contributed by atoms with Crippen molar-refractivity contribution < 1.29 is 4.79 Å². The number of amides is 1. The second-order valence-electron chi connectivity index (χ2n) is 5.49. The van der Waals surface area contributed by atoms with Crippen LogP contribution >= 0.6 is 45.8 Å². The van der Waals surface area contributed by atoms with E-state index in [2.05, 4.69) is 48.7 Å². The predicted octanol–water partition coefficient (Wildman–Crippen LogP) is 4.72. The number of hydrogen-bond donors (Lipinski definition) is 1. The van der Waals surface area contributed by atoms with Crippen LogP contribution in [0.5, 0.6) is 0 Å². The number of nitrogens with one attached hydrogen (secondary N) is 1. The van der Waals surface area contributed by atoms with Gasteiger partial charge in [-0.2, -0.15) is 0 Å². The van der Waals surface area contributed by atoms with Gasteiger partial charge in [0.15, 0.2) is 0 Å². The summed E-state index contributed by atoms with van der Waals surface area (Å²) in [6.07, 6.45) is 0.744. The Labute approximate surface area is 138 Å². The molecule has 2 nitrogen and oxygen atoms in total. The van der Waals surface area contributed by atoms with E-state index < -0.39 is 0 Å². The standard InChI is InChI=1S/C14H18Cl2INO/c1-14(2,3)12(6-7-15)18-13(19)10-8-9(16)4-5-11(10)17/h4-5,8,12H,6-7H2,1-3H3,(H,18,19). The minimum Gasteiger partial charge on any atom is -0.349 e. The van der Waals surface area contributed by atoms with Crippen molar-refractivity contribution in [3.63, 3.8) is 0 Å². The zero-order valence-electron chi connectivity index (χ0n) is 11.3. The molecule has 19 heavy (non-hydrogen) atoms. The van der Waals surface area contributed by atoms with Crippen molar-refractivity contribution in [2.24, 2.45) is 5.41 Å². The fourth-order valence-corrected chi connectivity index (χ4v) is 2.71. The lowest BCUT2D eigenvalue weighted by Gasteiger charge is -2.31. The summed E-state index contributed by atoms with van der Waals surface area (Å²) in [5, 5.41) is 3.62. The highest BCUT2D eigenvalue weighted by Gasteiger charge is 2.26. The van der Waals surface area contributed by atoms with Crippen molar-refractivity contribution in [2.75, 3.05) is 5.88 Å². The van der Waals surface area contributed by atoms with Gasteiger partial charge in [-0.15, -0.1) is 11.6 Å². The SMILES string of the molecule is CC(C)(C)C(CCCl)NC(=O)c1cc(Cl)ccc1I. The minimum atomic E-state index is -0.100. The van der Waals surface area contributed by atoms with Crippen LogP contribution < -0.4 is 5.32 Å². The number of benzene rings is 1. The lowest BCUT2D eigenvalue weighted by molar-refractivity contribution is 0.0899. The molecule has 1 unspecified atom stereocenters. The Morgan fingerprint density at radius 3 is 2.58 bits per heavy atom. The van der Waals surface area contributed by atoms with Gasteiger partial charge in [-0.1, -0.05) is 32.4 Å². The third-order valence-corrected chi connectivity index (χ3v) is 4.32. The van der Waals surface area contributed by atoms with Crippen molar-refractivity contribution in [1.29, 1.82) is 0 Å². The first-order chi connectivity index (χ1) is 8.75. The molecule has 0 saturated carbocycles. The third kappa shape index (κ3) is 5.12. The molecule has 1 aromatic carbocycles. The van der Waals surface area contributed by atoms with E-state index in [1.54, 1.807) is 12.1 Å².